The zero-order valence-corrected chi connectivity index (χ0v) is 21.1. The number of hydrogen-bond donors (Lipinski definition) is 2. The number of nitrogen functional groups attached to an aromatic ring is 1. The number of aromatic nitrogens is 1. The molecule has 6 rings (SSSR count). The summed E-state index contributed by atoms with van der Waals surface area (Å²) in [7, 11) is 2.13. The van der Waals surface area contributed by atoms with Crippen LogP contribution in [0, 0.1) is 0 Å². The Balaban J connectivity index is 1.32. The number of likely N-dealkylation sites (N-methyl/N-ethyl adjacent to an activating group) is 1. The number of piperazine rings is 1. The normalized spacial score (nSPS) is 15.0. The number of amides is 1. The molecule has 0 bridgehead atoms. The van der Waals surface area contributed by atoms with Gasteiger partial charge in [0.25, 0.3) is 5.91 Å². The van der Waals surface area contributed by atoms with Gasteiger partial charge in [-0.05, 0) is 72.8 Å². The van der Waals surface area contributed by atoms with Gasteiger partial charge < -0.3 is 25.6 Å². The number of para-hydroxylation sites is 1. The van der Waals surface area contributed by atoms with Crippen LogP contribution in [0.4, 0.5) is 17.1 Å². The van der Waals surface area contributed by atoms with E-state index in [2.05, 4.69) is 27.1 Å². The predicted molar refractivity (Wildman–Crippen MR) is 150 cm³/mol. The van der Waals surface area contributed by atoms with Crippen molar-refractivity contribution in [1.29, 1.82) is 0 Å². The fraction of sp³-hybridized carbons (Fsp3) is 0.167. The summed E-state index contributed by atoms with van der Waals surface area (Å²) in [6, 6.07) is 22.7. The summed E-state index contributed by atoms with van der Waals surface area (Å²) < 4.78 is 6.27. The fourth-order valence-electron chi connectivity index (χ4n) is 4.71. The van der Waals surface area contributed by atoms with Crippen molar-refractivity contribution in [3.8, 4) is 22.6 Å². The summed E-state index contributed by atoms with van der Waals surface area (Å²) in [4.78, 5) is 27.0. The van der Waals surface area contributed by atoms with Gasteiger partial charge in [-0.15, -0.1) is 0 Å². The summed E-state index contributed by atoms with van der Waals surface area (Å²) >= 11 is 0. The first-order chi connectivity index (χ1) is 18.5. The van der Waals surface area contributed by atoms with Crippen LogP contribution in [0.15, 0.2) is 90.2 Å². The largest absolute Gasteiger partial charge is 0.454 e. The maximum atomic E-state index is 13.3. The SMILES string of the molecule is CN1CCN(C2=Nc3cc(C(=O)Nc4cc(-c5ccncc5)ccc4N)ccc3Oc3ccccc32)CC1. The van der Waals surface area contributed by atoms with Crippen LogP contribution in [0.1, 0.15) is 15.9 Å². The van der Waals surface area contributed by atoms with Crippen LogP contribution < -0.4 is 15.8 Å². The average molecular weight is 505 g/mol. The molecule has 3 aromatic carbocycles. The van der Waals surface area contributed by atoms with Gasteiger partial charge in [-0.25, -0.2) is 4.99 Å². The van der Waals surface area contributed by atoms with Crippen LogP contribution in [0.25, 0.3) is 11.1 Å². The molecule has 0 saturated carbocycles. The van der Waals surface area contributed by atoms with Gasteiger partial charge in [0.1, 0.15) is 17.3 Å². The highest BCUT2D eigenvalue weighted by atomic mass is 16.5. The van der Waals surface area contributed by atoms with Crippen molar-refractivity contribution in [1.82, 2.24) is 14.8 Å². The van der Waals surface area contributed by atoms with Gasteiger partial charge in [0.15, 0.2) is 5.75 Å². The number of carbonyl (C=O) groups is 1. The lowest BCUT2D eigenvalue weighted by Crippen LogP contribution is -2.47. The predicted octanol–water partition coefficient (Wildman–Crippen LogP) is 5.01. The van der Waals surface area contributed by atoms with Gasteiger partial charge in [-0.3, -0.25) is 9.78 Å². The molecule has 0 atom stereocenters. The van der Waals surface area contributed by atoms with E-state index in [1.165, 1.54) is 0 Å². The lowest BCUT2D eigenvalue weighted by Gasteiger charge is -2.34. The Bertz CT molecular complexity index is 1530. The molecule has 1 saturated heterocycles. The molecule has 3 N–H and O–H groups in total. The first kappa shape index (κ1) is 23.7. The molecule has 0 radical (unpaired) electrons. The summed E-state index contributed by atoms with van der Waals surface area (Å²) in [5.41, 5.74) is 11.2. The number of ether oxygens (including phenoxy) is 1. The number of aliphatic imine (C=N–C) groups is 1. The number of fused-ring (bicyclic) bond motifs is 2. The van der Waals surface area contributed by atoms with Crippen LogP contribution in [0.5, 0.6) is 11.5 Å². The van der Waals surface area contributed by atoms with Crippen molar-refractivity contribution in [2.45, 2.75) is 0 Å². The minimum atomic E-state index is -0.274. The smallest absolute Gasteiger partial charge is 0.255 e. The van der Waals surface area contributed by atoms with Gasteiger partial charge in [0.05, 0.1) is 16.9 Å². The molecule has 1 aromatic heterocycles. The van der Waals surface area contributed by atoms with Crippen molar-refractivity contribution in [3.63, 3.8) is 0 Å². The first-order valence-corrected chi connectivity index (χ1v) is 12.6. The maximum Gasteiger partial charge on any atom is 0.255 e. The van der Waals surface area contributed by atoms with Gasteiger partial charge in [0.2, 0.25) is 0 Å². The molecular formula is C30H28N6O2. The van der Waals surface area contributed by atoms with E-state index in [0.29, 0.717) is 28.4 Å². The van der Waals surface area contributed by atoms with E-state index in [9.17, 15) is 4.79 Å². The molecule has 3 heterocycles. The molecule has 4 aromatic rings. The summed E-state index contributed by atoms with van der Waals surface area (Å²) in [6.07, 6.45) is 3.47. The van der Waals surface area contributed by atoms with Crippen molar-refractivity contribution in [2.24, 2.45) is 4.99 Å². The maximum absolute atomic E-state index is 13.3. The number of pyridine rings is 1. The van der Waals surface area contributed by atoms with E-state index in [1.807, 2.05) is 48.5 Å². The Morgan fingerprint density at radius 1 is 0.895 bits per heavy atom. The number of nitrogens with zero attached hydrogens (tertiary/aromatic N) is 4. The van der Waals surface area contributed by atoms with Crippen molar-refractivity contribution in [3.05, 3.63) is 96.3 Å². The monoisotopic (exact) mass is 504 g/mol. The number of carbonyl (C=O) groups excluding carboxylic acids is 1. The molecule has 8 heteroatoms. The highest BCUT2D eigenvalue weighted by Gasteiger charge is 2.25. The fourth-order valence-corrected chi connectivity index (χ4v) is 4.71. The van der Waals surface area contributed by atoms with Crippen LogP contribution in [-0.2, 0) is 0 Å². The number of nitrogens with two attached hydrogens (primary N) is 1. The van der Waals surface area contributed by atoms with Crippen LogP contribution >= 0.6 is 0 Å². The molecule has 0 aliphatic carbocycles. The molecule has 0 unspecified atom stereocenters. The van der Waals surface area contributed by atoms with Gasteiger partial charge in [-0.1, -0.05) is 18.2 Å². The minimum absolute atomic E-state index is 0.274. The molecule has 38 heavy (non-hydrogen) atoms. The van der Waals surface area contributed by atoms with E-state index < -0.39 is 0 Å². The Morgan fingerprint density at radius 3 is 2.50 bits per heavy atom. The van der Waals surface area contributed by atoms with Gasteiger partial charge in [-0.2, -0.15) is 0 Å². The second-order valence-corrected chi connectivity index (χ2v) is 9.50. The molecule has 0 spiro atoms. The highest BCUT2D eigenvalue weighted by molar-refractivity contribution is 6.08. The van der Waals surface area contributed by atoms with Gasteiger partial charge in [0, 0.05) is 44.1 Å². The lowest BCUT2D eigenvalue weighted by molar-refractivity contribution is 0.102. The standard InChI is InChI=1S/C30H28N6O2/c1-35-14-16-36(17-15-35)29-23-4-2-3-5-27(23)38-28-9-7-22(19-26(28)33-29)30(37)34-25-18-21(6-8-24(25)31)20-10-12-32-13-11-20/h2-13,18-19H,14-17,31H2,1H3,(H,34,37). The average Bonchev–Trinajstić information content (AvgIpc) is 3.11. The molecule has 2 aliphatic rings. The van der Waals surface area contributed by atoms with E-state index in [-0.39, 0.29) is 5.91 Å². The number of nitrogens with one attached hydrogen (secondary N) is 1. The quantitative estimate of drug-likeness (QED) is 0.381. The lowest BCUT2D eigenvalue weighted by atomic mass is 10.1. The van der Waals surface area contributed by atoms with Crippen LogP contribution in [-0.4, -0.2) is 59.8 Å². The topological polar surface area (TPSA) is 96.1 Å². The molecular weight excluding hydrogens is 476 g/mol. The molecule has 1 amide bonds. The highest BCUT2D eigenvalue weighted by Crippen LogP contribution is 2.39. The Kier molecular flexibility index (Phi) is 6.23. The number of anilines is 2. The summed E-state index contributed by atoms with van der Waals surface area (Å²) in [5.74, 6) is 1.95. The molecule has 1 fully saturated rings. The number of hydrogen-bond acceptors (Lipinski definition) is 7. The zero-order chi connectivity index (χ0) is 26.1. The van der Waals surface area contributed by atoms with Crippen molar-refractivity contribution in [2.75, 3.05) is 44.3 Å². The zero-order valence-electron chi connectivity index (χ0n) is 21.1. The second kappa shape index (κ2) is 9.99. The van der Waals surface area contributed by atoms with Crippen LogP contribution in [0.3, 0.4) is 0 Å². The van der Waals surface area contributed by atoms with E-state index in [1.54, 1.807) is 36.7 Å². The van der Waals surface area contributed by atoms with E-state index in [0.717, 1.165) is 54.5 Å². The summed E-state index contributed by atoms with van der Waals surface area (Å²) in [5, 5.41) is 2.97. The molecule has 8 nitrogen and oxygen atoms in total. The minimum Gasteiger partial charge on any atom is -0.454 e. The number of rotatable bonds is 3. The third-order valence-electron chi connectivity index (χ3n) is 6.91. The first-order valence-electron chi connectivity index (χ1n) is 12.6. The molecule has 2 aliphatic heterocycles. The van der Waals surface area contributed by atoms with Crippen molar-refractivity contribution >= 4 is 28.8 Å². The number of benzene rings is 3. The summed E-state index contributed by atoms with van der Waals surface area (Å²) in [6.45, 7) is 3.65. The van der Waals surface area contributed by atoms with Gasteiger partial charge >= 0.3 is 0 Å². The molecule has 190 valence electrons. The third kappa shape index (κ3) is 4.69. The van der Waals surface area contributed by atoms with E-state index >= 15 is 0 Å². The Hall–Kier alpha value is -4.69. The Labute approximate surface area is 221 Å². The van der Waals surface area contributed by atoms with E-state index in [4.69, 9.17) is 15.5 Å². The van der Waals surface area contributed by atoms with Crippen LogP contribution in [0.2, 0.25) is 0 Å². The third-order valence-corrected chi connectivity index (χ3v) is 6.91. The van der Waals surface area contributed by atoms with Crippen molar-refractivity contribution < 1.29 is 9.53 Å². The number of amidine groups is 1. The Morgan fingerprint density at radius 2 is 1.68 bits per heavy atom. The second-order valence-electron chi connectivity index (χ2n) is 9.50.